The van der Waals surface area contributed by atoms with Crippen LogP contribution in [0.1, 0.15) is 20.3 Å². The molecule has 0 aromatic carbocycles. The van der Waals surface area contributed by atoms with E-state index >= 15 is 0 Å². The summed E-state index contributed by atoms with van der Waals surface area (Å²) in [5, 5.41) is 14.8. The van der Waals surface area contributed by atoms with Gasteiger partial charge in [0.05, 0.1) is 5.92 Å². The summed E-state index contributed by atoms with van der Waals surface area (Å²) in [6.07, 6.45) is 0.420. The number of hydrogen-bond donors (Lipinski definition) is 3. The Hall–Kier alpha value is -0.750. The molecule has 6 heteroatoms. The molecule has 3 atom stereocenters. The van der Waals surface area contributed by atoms with Crippen LogP contribution in [0.25, 0.3) is 0 Å². The zero-order valence-electron chi connectivity index (χ0n) is 10.2. The van der Waals surface area contributed by atoms with Gasteiger partial charge in [0.15, 0.2) is 0 Å². The second-order valence-corrected chi connectivity index (χ2v) is 5.56. The van der Waals surface area contributed by atoms with Gasteiger partial charge < -0.3 is 15.7 Å². The van der Waals surface area contributed by atoms with Gasteiger partial charge in [0.1, 0.15) is 0 Å². The Morgan fingerprint density at radius 1 is 1.53 bits per heavy atom. The monoisotopic (exact) mass is 260 g/mol. The van der Waals surface area contributed by atoms with Crippen LogP contribution in [0, 0.1) is 5.92 Å². The van der Waals surface area contributed by atoms with Crippen molar-refractivity contribution in [1.82, 2.24) is 10.6 Å². The molecule has 0 bridgehead atoms. The maximum atomic E-state index is 11.7. The first-order chi connectivity index (χ1) is 8.00. The van der Waals surface area contributed by atoms with Gasteiger partial charge in [0.2, 0.25) is 5.91 Å². The van der Waals surface area contributed by atoms with Crippen LogP contribution >= 0.6 is 11.8 Å². The van der Waals surface area contributed by atoms with Gasteiger partial charge in [-0.15, -0.1) is 0 Å². The van der Waals surface area contributed by atoms with Gasteiger partial charge >= 0.3 is 5.97 Å². The van der Waals surface area contributed by atoms with E-state index in [9.17, 15) is 9.59 Å². The maximum Gasteiger partial charge on any atom is 0.308 e. The smallest absolute Gasteiger partial charge is 0.308 e. The van der Waals surface area contributed by atoms with Crippen molar-refractivity contribution in [3.63, 3.8) is 0 Å². The van der Waals surface area contributed by atoms with Crippen molar-refractivity contribution in [3.8, 4) is 0 Å². The van der Waals surface area contributed by atoms with E-state index in [0.717, 1.165) is 18.1 Å². The molecule has 1 amide bonds. The molecular weight excluding hydrogens is 240 g/mol. The van der Waals surface area contributed by atoms with Crippen LogP contribution < -0.4 is 10.6 Å². The molecule has 1 saturated heterocycles. The molecule has 0 radical (unpaired) electrons. The molecule has 17 heavy (non-hydrogen) atoms. The van der Waals surface area contributed by atoms with Crippen molar-refractivity contribution >= 4 is 23.6 Å². The van der Waals surface area contributed by atoms with E-state index in [4.69, 9.17) is 5.11 Å². The Labute approximate surface area is 106 Å². The maximum absolute atomic E-state index is 11.7. The second kappa shape index (κ2) is 6.86. The molecular formula is C11H20N2O3S. The third-order valence-electron chi connectivity index (χ3n) is 2.96. The topological polar surface area (TPSA) is 78.4 Å². The zero-order chi connectivity index (χ0) is 12.8. The summed E-state index contributed by atoms with van der Waals surface area (Å²) in [7, 11) is 0. The minimum Gasteiger partial charge on any atom is -0.481 e. The Morgan fingerprint density at radius 3 is 2.76 bits per heavy atom. The average molecular weight is 260 g/mol. The molecule has 1 rings (SSSR count). The van der Waals surface area contributed by atoms with Gasteiger partial charge in [-0.2, -0.15) is 11.8 Å². The van der Waals surface area contributed by atoms with E-state index in [2.05, 4.69) is 10.6 Å². The van der Waals surface area contributed by atoms with E-state index in [1.54, 1.807) is 13.8 Å². The fourth-order valence-corrected chi connectivity index (χ4v) is 2.58. The third kappa shape index (κ3) is 4.95. The summed E-state index contributed by atoms with van der Waals surface area (Å²) < 4.78 is 0. The predicted octanol–water partition coefficient (Wildman–Crippen LogP) is 0.307. The number of rotatable bonds is 5. The largest absolute Gasteiger partial charge is 0.481 e. The SMILES string of the molecule is CC(NC(=O)CC1CSCCN1)C(C)C(=O)O. The number of carbonyl (C=O) groups excluding carboxylic acids is 1. The van der Waals surface area contributed by atoms with Crippen molar-refractivity contribution < 1.29 is 14.7 Å². The zero-order valence-corrected chi connectivity index (χ0v) is 11.0. The van der Waals surface area contributed by atoms with Gasteiger partial charge in [0, 0.05) is 36.6 Å². The van der Waals surface area contributed by atoms with Crippen LogP contribution in [0.5, 0.6) is 0 Å². The number of carboxylic acids is 1. The molecule has 0 aromatic rings. The second-order valence-electron chi connectivity index (χ2n) is 4.41. The molecule has 0 aliphatic carbocycles. The van der Waals surface area contributed by atoms with E-state index < -0.39 is 11.9 Å². The fourth-order valence-electron chi connectivity index (χ4n) is 1.63. The van der Waals surface area contributed by atoms with Crippen LogP contribution in [-0.2, 0) is 9.59 Å². The highest BCUT2D eigenvalue weighted by Crippen LogP contribution is 2.10. The Morgan fingerprint density at radius 2 is 2.24 bits per heavy atom. The van der Waals surface area contributed by atoms with Gasteiger partial charge in [-0.05, 0) is 13.8 Å². The van der Waals surface area contributed by atoms with Crippen molar-refractivity contribution in [3.05, 3.63) is 0 Å². The number of carbonyl (C=O) groups is 2. The minimum absolute atomic E-state index is 0.0781. The molecule has 98 valence electrons. The number of amides is 1. The Bertz CT molecular complexity index is 280. The molecule has 1 heterocycles. The Kier molecular flexibility index (Phi) is 5.77. The Balaban J connectivity index is 2.30. The van der Waals surface area contributed by atoms with Crippen molar-refractivity contribution in [1.29, 1.82) is 0 Å². The molecule has 0 aromatic heterocycles. The lowest BCUT2D eigenvalue weighted by atomic mass is 10.0. The third-order valence-corrected chi connectivity index (χ3v) is 4.09. The predicted molar refractivity (Wildman–Crippen MR) is 68.1 cm³/mol. The molecule has 1 fully saturated rings. The highest BCUT2D eigenvalue weighted by Gasteiger charge is 2.23. The normalized spacial score (nSPS) is 23.8. The van der Waals surface area contributed by atoms with E-state index in [1.165, 1.54) is 0 Å². The lowest BCUT2D eigenvalue weighted by Gasteiger charge is -2.24. The van der Waals surface area contributed by atoms with Crippen LogP contribution in [-0.4, -0.2) is 47.1 Å². The van der Waals surface area contributed by atoms with Crippen LogP contribution in [0.3, 0.4) is 0 Å². The lowest BCUT2D eigenvalue weighted by Crippen LogP contribution is -2.45. The van der Waals surface area contributed by atoms with E-state index in [1.807, 2.05) is 11.8 Å². The minimum atomic E-state index is -0.885. The van der Waals surface area contributed by atoms with E-state index in [0.29, 0.717) is 6.42 Å². The van der Waals surface area contributed by atoms with Gasteiger partial charge in [0.25, 0.3) is 0 Å². The summed E-state index contributed by atoms with van der Waals surface area (Å²) >= 11 is 1.84. The molecule has 1 aliphatic heterocycles. The number of hydrogen-bond acceptors (Lipinski definition) is 4. The molecule has 5 nitrogen and oxygen atoms in total. The van der Waals surface area contributed by atoms with Crippen LogP contribution in [0.2, 0.25) is 0 Å². The molecule has 3 N–H and O–H groups in total. The molecule has 0 saturated carbocycles. The van der Waals surface area contributed by atoms with E-state index in [-0.39, 0.29) is 18.0 Å². The van der Waals surface area contributed by atoms with Gasteiger partial charge in [-0.3, -0.25) is 9.59 Å². The van der Waals surface area contributed by atoms with Gasteiger partial charge in [-0.1, -0.05) is 0 Å². The summed E-state index contributed by atoms with van der Waals surface area (Å²) in [6.45, 7) is 4.26. The number of aliphatic carboxylic acids is 1. The standard InChI is InChI=1S/C11H20N2O3S/c1-7(11(15)16)8(2)13-10(14)5-9-6-17-4-3-12-9/h7-9,12H,3-6H2,1-2H3,(H,13,14)(H,15,16). The summed E-state index contributed by atoms with van der Waals surface area (Å²) in [6, 6.07) is -0.127. The quantitative estimate of drug-likeness (QED) is 0.663. The first-order valence-electron chi connectivity index (χ1n) is 5.84. The van der Waals surface area contributed by atoms with Crippen LogP contribution in [0.15, 0.2) is 0 Å². The van der Waals surface area contributed by atoms with Gasteiger partial charge in [-0.25, -0.2) is 0 Å². The fraction of sp³-hybridized carbons (Fsp3) is 0.818. The highest BCUT2D eigenvalue weighted by molar-refractivity contribution is 7.99. The summed E-state index contributed by atoms with van der Waals surface area (Å²) in [5.74, 6) is 0.503. The van der Waals surface area contributed by atoms with Crippen molar-refractivity contribution in [2.75, 3.05) is 18.1 Å². The first-order valence-corrected chi connectivity index (χ1v) is 6.99. The molecule has 3 unspecified atom stereocenters. The molecule has 0 spiro atoms. The summed E-state index contributed by atoms with van der Waals surface area (Å²) in [4.78, 5) is 22.4. The average Bonchev–Trinajstić information content (AvgIpc) is 2.28. The van der Waals surface area contributed by atoms with Crippen LogP contribution in [0.4, 0.5) is 0 Å². The first kappa shape index (κ1) is 14.3. The number of nitrogens with one attached hydrogen (secondary N) is 2. The number of thioether (sulfide) groups is 1. The summed E-state index contributed by atoms with van der Waals surface area (Å²) in [5.41, 5.74) is 0. The lowest BCUT2D eigenvalue weighted by molar-refractivity contribution is -0.142. The highest BCUT2D eigenvalue weighted by atomic mass is 32.2. The van der Waals surface area contributed by atoms with Crippen molar-refractivity contribution in [2.45, 2.75) is 32.4 Å². The number of carboxylic acid groups (broad SMARTS) is 1. The molecule has 1 aliphatic rings. The van der Waals surface area contributed by atoms with Crippen molar-refractivity contribution in [2.24, 2.45) is 5.92 Å².